The summed E-state index contributed by atoms with van der Waals surface area (Å²) in [7, 11) is 0. The SMILES string of the molecule is Oc1ccccc1N=Cc1ccc(-c2cncnc2)cc1. The quantitative estimate of drug-likeness (QED) is 0.743. The Hall–Kier alpha value is -3.01. The summed E-state index contributed by atoms with van der Waals surface area (Å²) in [6.45, 7) is 0. The van der Waals surface area contributed by atoms with Crippen LogP contribution in [0.4, 0.5) is 5.69 Å². The van der Waals surface area contributed by atoms with Gasteiger partial charge in [0.25, 0.3) is 0 Å². The van der Waals surface area contributed by atoms with E-state index >= 15 is 0 Å². The average molecular weight is 275 g/mol. The molecule has 0 saturated heterocycles. The summed E-state index contributed by atoms with van der Waals surface area (Å²) in [5, 5.41) is 9.65. The van der Waals surface area contributed by atoms with Crippen LogP contribution in [0.5, 0.6) is 5.75 Å². The number of para-hydroxylation sites is 2. The molecule has 0 unspecified atom stereocenters. The van der Waals surface area contributed by atoms with Crippen molar-refractivity contribution in [3.05, 3.63) is 72.8 Å². The van der Waals surface area contributed by atoms with Gasteiger partial charge in [0.05, 0.1) is 0 Å². The minimum absolute atomic E-state index is 0.173. The van der Waals surface area contributed by atoms with Gasteiger partial charge in [0.2, 0.25) is 0 Å². The zero-order valence-corrected chi connectivity index (χ0v) is 11.2. The molecule has 3 aromatic rings. The summed E-state index contributed by atoms with van der Waals surface area (Å²) in [4.78, 5) is 12.3. The minimum atomic E-state index is 0.173. The maximum atomic E-state index is 9.65. The maximum absolute atomic E-state index is 9.65. The molecule has 0 aliphatic heterocycles. The summed E-state index contributed by atoms with van der Waals surface area (Å²) in [5.74, 6) is 0.173. The zero-order valence-electron chi connectivity index (χ0n) is 11.2. The number of aromatic nitrogens is 2. The van der Waals surface area contributed by atoms with Crippen LogP contribution in [-0.4, -0.2) is 21.3 Å². The van der Waals surface area contributed by atoms with Gasteiger partial charge in [-0.1, -0.05) is 36.4 Å². The van der Waals surface area contributed by atoms with E-state index in [2.05, 4.69) is 15.0 Å². The van der Waals surface area contributed by atoms with Crippen LogP contribution in [0.1, 0.15) is 5.56 Å². The van der Waals surface area contributed by atoms with Gasteiger partial charge >= 0.3 is 0 Å². The number of hydrogen-bond acceptors (Lipinski definition) is 4. The number of phenols is 1. The second-order valence-electron chi connectivity index (χ2n) is 4.50. The molecule has 4 heteroatoms. The second kappa shape index (κ2) is 5.96. The molecular weight excluding hydrogens is 262 g/mol. The largest absolute Gasteiger partial charge is 0.506 e. The number of benzene rings is 2. The van der Waals surface area contributed by atoms with E-state index in [4.69, 9.17) is 0 Å². The van der Waals surface area contributed by atoms with Crippen molar-refractivity contribution in [3.8, 4) is 16.9 Å². The highest BCUT2D eigenvalue weighted by Crippen LogP contribution is 2.24. The molecule has 1 aromatic heterocycles. The molecule has 2 aromatic carbocycles. The van der Waals surface area contributed by atoms with Gasteiger partial charge in [-0.3, -0.25) is 4.99 Å². The number of rotatable bonds is 3. The lowest BCUT2D eigenvalue weighted by molar-refractivity contribution is 0.477. The van der Waals surface area contributed by atoms with Crippen molar-refractivity contribution < 1.29 is 5.11 Å². The van der Waals surface area contributed by atoms with Crippen molar-refractivity contribution in [1.29, 1.82) is 0 Å². The lowest BCUT2D eigenvalue weighted by Gasteiger charge is -2.01. The average Bonchev–Trinajstić information content (AvgIpc) is 2.55. The second-order valence-corrected chi connectivity index (χ2v) is 4.50. The van der Waals surface area contributed by atoms with Crippen LogP contribution >= 0.6 is 0 Å². The Labute approximate surface area is 122 Å². The van der Waals surface area contributed by atoms with Gasteiger partial charge in [-0.2, -0.15) is 0 Å². The third kappa shape index (κ3) is 3.12. The summed E-state index contributed by atoms with van der Waals surface area (Å²) in [6.07, 6.45) is 6.79. The van der Waals surface area contributed by atoms with Crippen LogP contribution < -0.4 is 0 Å². The summed E-state index contributed by atoms with van der Waals surface area (Å²) in [5.41, 5.74) is 3.54. The first-order valence-electron chi connectivity index (χ1n) is 6.50. The van der Waals surface area contributed by atoms with Crippen LogP contribution in [0, 0.1) is 0 Å². The summed E-state index contributed by atoms with van der Waals surface area (Å²) >= 11 is 0. The van der Waals surface area contributed by atoms with Gasteiger partial charge in [0.15, 0.2) is 0 Å². The van der Waals surface area contributed by atoms with Gasteiger partial charge in [0, 0.05) is 24.2 Å². The highest BCUT2D eigenvalue weighted by molar-refractivity contribution is 5.83. The molecule has 0 amide bonds. The Morgan fingerprint density at radius 2 is 1.57 bits per heavy atom. The zero-order chi connectivity index (χ0) is 14.5. The molecule has 0 radical (unpaired) electrons. The van der Waals surface area contributed by atoms with E-state index in [0.717, 1.165) is 16.7 Å². The van der Waals surface area contributed by atoms with Gasteiger partial charge in [-0.05, 0) is 23.3 Å². The molecule has 0 spiro atoms. The van der Waals surface area contributed by atoms with E-state index in [-0.39, 0.29) is 5.75 Å². The van der Waals surface area contributed by atoms with Crippen LogP contribution in [-0.2, 0) is 0 Å². The van der Waals surface area contributed by atoms with Crippen molar-refractivity contribution in [2.75, 3.05) is 0 Å². The molecule has 0 aliphatic carbocycles. The Morgan fingerprint density at radius 3 is 2.29 bits per heavy atom. The number of phenolic OH excluding ortho intramolecular Hbond substituents is 1. The fraction of sp³-hybridized carbons (Fsp3) is 0. The molecule has 1 heterocycles. The van der Waals surface area contributed by atoms with Gasteiger partial charge in [-0.25, -0.2) is 9.97 Å². The van der Waals surface area contributed by atoms with Gasteiger partial charge < -0.3 is 5.11 Å². The summed E-state index contributed by atoms with van der Waals surface area (Å²) < 4.78 is 0. The monoisotopic (exact) mass is 275 g/mol. The lowest BCUT2D eigenvalue weighted by Crippen LogP contribution is -1.84. The molecule has 0 fully saturated rings. The molecule has 4 nitrogen and oxygen atoms in total. The van der Waals surface area contributed by atoms with Gasteiger partial charge in [-0.15, -0.1) is 0 Å². The van der Waals surface area contributed by atoms with E-state index < -0.39 is 0 Å². The number of hydrogen-bond donors (Lipinski definition) is 1. The Kier molecular flexibility index (Phi) is 3.69. The fourth-order valence-electron chi connectivity index (χ4n) is 1.93. The van der Waals surface area contributed by atoms with Crippen LogP contribution in [0.15, 0.2) is 72.2 Å². The molecule has 0 aliphatic rings. The van der Waals surface area contributed by atoms with Crippen molar-refractivity contribution in [2.24, 2.45) is 4.99 Å². The molecule has 102 valence electrons. The molecule has 3 rings (SSSR count). The lowest BCUT2D eigenvalue weighted by atomic mass is 10.1. The number of aliphatic imine (C=N–C) groups is 1. The van der Waals surface area contributed by atoms with Crippen LogP contribution in [0.2, 0.25) is 0 Å². The number of aromatic hydroxyl groups is 1. The Morgan fingerprint density at radius 1 is 0.857 bits per heavy atom. The van der Waals surface area contributed by atoms with Gasteiger partial charge in [0.1, 0.15) is 17.8 Å². The third-order valence-corrected chi connectivity index (χ3v) is 3.04. The molecule has 0 atom stereocenters. The molecule has 0 saturated carbocycles. The predicted octanol–water partition coefficient (Wildman–Crippen LogP) is 3.60. The maximum Gasteiger partial charge on any atom is 0.141 e. The molecular formula is C17H13N3O. The van der Waals surface area contributed by atoms with E-state index in [1.807, 2.05) is 30.3 Å². The van der Waals surface area contributed by atoms with Crippen LogP contribution in [0.25, 0.3) is 11.1 Å². The van der Waals surface area contributed by atoms with E-state index in [1.54, 1.807) is 36.8 Å². The molecule has 1 N–H and O–H groups in total. The first-order chi connectivity index (χ1) is 10.3. The van der Waals surface area contributed by atoms with E-state index in [9.17, 15) is 5.11 Å². The van der Waals surface area contributed by atoms with Crippen molar-refractivity contribution in [1.82, 2.24) is 9.97 Å². The molecule has 0 bridgehead atoms. The normalized spacial score (nSPS) is 10.9. The highest BCUT2D eigenvalue weighted by Gasteiger charge is 1.98. The Bertz CT molecular complexity index is 753. The standard InChI is InChI=1S/C17H13N3O/c21-17-4-2-1-3-16(17)20-9-13-5-7-14(8-6-13)15-10-18-12-19-11-15/h1-12,21H. The summed E-state index contributed by atoms with van der Waals surface area (Å²) in [6, 6.07) is 14.9. The first-order valence-corrected chi connectivity index (χ1v) is 6.50. The fourth-order valence-corrected chi connectivity index (χ4v) is 1.93. The molecule has 21 heavy (non-hydrogen) atoms. The smallest absolute Gasteiger partial charge is 0.141 e. The highest BCUT2D eigenvalue weighted by atomic mass is 16.3. The van der Waals surface area contributed by atoms with E-state index in [0.29, 0.717) is 5.69 Å². The third-order valence-electron chi connectivity index (χ3n) is 3.04. The van der Waals surface area contributed by atoms with Crippen molar-refractivity contribution in [2.45, 2.75) is 0 Å². The predicted molar refractivity (Wildman–Crippen MR) is 82.8 cm³/mol. The topological polar surface area (TPSA) is 58.4 Å². The van der Waals surface area contributed by atoms with Crippen molar-refractivity contribution in [3.63, 3.8) is 0 Å². The van der Waals surface area contributed by atoms with Crippen LogP contribution in [0.3, 0.4) is 0 Å². The first kappa shape index (κ1) is 13.0. The minimum Gasteiger partial charge on any atom is -0.506 e. The van der Waals surface area contributed by atoms with Crippen molar-refractivity contribution >= 4 is 11.9 Å². The Balaban J connectivity index is 1.81. The van der Waals surface area contributed by atoms with E-state index in [1.165, 1.54) is 6.33 Å². The number of nitrogens with zero attached hydrogens (tertiary/aromatic N) is 3.